The van der Waals surface area contributed by atoms with Gasteiger partial charge in [-0.3, -0.25) is 4.55 Å². The highest BCUT2D eigenvalue weighted by molar-refractivity contribution is 7.85. The molecule has 0 aliphatic carbocycles. The van der Waals surface area contributed by atoms with E-state index in [-0.39, 0.29) is 4.90 Å². The molecule has 100 valence electrons. The number of hydrogen-bond donors (Lipinski definition) is 1. The fraction of sp³-hybridized carbons (Fsp3) is 0.143. The Hall–Kier alpha value is -1.85. The van der Waals surface area contributed by atoms with Gasteiger partial charge >= 0.3 is 0 Å². The Morgan fingerprint density at radius 2 is 1.47 bits per heavy atom. The van der Waals surface area contributed by atoms with Gasteiger partial charge in [-0.1, -0.05) is 18.2 Å². The molecule has 0 fully saturated rings. The Morgan fingerprint density at radius 1 is 0.947 bits per heavy atom. The first-order valence-electron chi connectivity index (χ1n) is 5.92. The second kappa shape index (κ2) is 5.42. The van der Waals surface area contributed by atoms with Crippen LogP contribution in [-0.4, -0.2) is 19.5 Å². The molecule has 0 amide bonds. The van der Waals surface area contributed by atoms with E-state index >= 15 is 0 Å². The van der Waals surface area contributed by atoms with E-state index in [0.29, 0.717) is 0 Å². The van der Waals surface area contributed by atoms with Crippen molar-refractivity contribution in [1.82, 2.24) is 0 Å². The van der Waals surface area contributed by atoms with Gasteiger partial charge in [-0.15, -0.1) is 0 Å². The second-order valence-corrected chi connectivity index (χ2v) is 5.47. The van der Waals surface area contributed by atoms with Crippen molar-refractivity contribution in [3.63, 3.8) is 0 Å². The fourth-order valence-corrected chi connectivity index (χ4v) is 2.40. The highest BCUT2D eigenvalue weighted by atomic mass is 32.2. The molecule has 0 aliphatic rings. The smallest absolute Gasteiger partial charge is 0.294 e. The van der Waals surface area contributed by atoms with Crippen LogP contribution in [0.4, 0.5) is 11.4 Å². The molecule has 2 rings (SSSR count). The number of hydrogen-bond acceptors (Lipinski definition) is 3. The first-order valence-corrected chi connectivity index (χ1v) is 7.36. The van der Waals surface area contributed by atoms with E-state index < -0.39 is 10.1 Å². The maximum absolute atomic E-state index is 11.0. The van der Waals surface area contributed by atoms with Crippen molar-refractivity contribution in [2.75, 3.05) is 11.4 Å². The first-order chi connectivity index (χ1) is 9.02. The van der Waals surface area contributed by atoms with E-state index in [0.717, 1.165) is 17.9 Å². The first kappa shape index (κ1) is 13.6. The Balaban J connectivity index is 2.35. The zero-order valence-corrected chi connectivity index (χ0v) is 11.3. The van der Waals surface area contributed by atoms with Crippen LogP contribution in [0.25, 0.3) is 0 Å². The third-order valence-corrected chi connectivity index (χ3v) is 3.70. The van der Waals surface area contributed by atoms with Crippen LogP contribution in [0, 0.1) is 0 Å². The van der Waals surface area contributed by atoms with Gasteiger partial charge in [0.2, 0.25) is 0 Å². The normalized spacial score (nSPS) is 11.3. The fourth-order valence-electron chi connectivity index (χ4n) is 1.92. The molecule has 1 N–H and O–H groups in total. The van der Waals surface area contributed by atoms with Crippen molar-refractivity contribution in [2.45, 2.75) is 11.8 Å². The summed E-state index contributed by atoms with van der Waals surface area (Å²) in [6, 6.07) is 16.0. The lowest BCUT2D eigenvalue weighted by Crippen LogP contribution is -2.15. The maximum atomic E-state index is 11.0. The minimum absolute atomic E-state index is 0.0969. The van der Waals surface area contributed by atoms with Crippen LogP contribution >= 0.6 is 0 Å². The highest BCUT2D eigenvalue weighted by Gasteiger charge is 2.11. The molecule has 0 bridgehead atoms. The summed E-state index contributed by atoms with van der Waals surface area (Å²) in [6.07, 6.45) is 0. The summed E-state index contributed by atoms with van der Waals surface area (Å²) in [6.45, 7) is 2.78. The second-order valence-electron chi connectivity index (χ2n) is 4.05. The predicted molar refractivity (Wildman–Crippen MR) is 75.4 cm³/mol. The zero-order chi connectivity index (χ0) is 13.9. The van der Waals surface area contributed by atoms with Crippen molar-refractivity contribution >= 4 is 21.5 Å². The minimum Gasteiger partial charge on any atom is -0.342 e. The predicted octanol–water partition coefficient (Wildman–Crippen LogP) is 3.09. The summed E-state index contributed by atoms with van der Waals surface area (Å²) < 4.78 is 30.9. The molecular weight excluding hydrogens is 262 g/mol. The molecule has 2 aromatic carbocycles. The molecule has 0 aromatic heterocycles. The molecule has 0 saturated heterocycles. The Bertz CT molecular complexity index is 636. The van der Waals surface area contributed by atoms with Gasteiger partial charge in [-0.05, 0) is 43.3 Å². The van der Waals surface area contributed by atoms with Gasteiger partial charge in [0.15, 0.2) is 0 Å². The summed E-state index contributed by atoms with van der Waals surface area (Å²) in [7, 11) is -4.14. The van der Waals surface area contributed by atoms with Gasteiger partial charge in [-0.25, -0.2) is 0 Å². The number of anilines is 2. The molecular formula is C14H15NO3S. The van der Waals surface area contributed by atoms with Gasteiger partial charge in [0.05, 0.1) is 4.90 Å². The van der Waals surface area contributed by atoms with Crippen LogP contribution in [0.2, 0.25) is 0 Å². The zero-order valence-electron chi connectivity index (χ0n) is 10.5. The van der Waals surface area contributed by atoms with Crippen molar-refractivity contribution in [2.24, 2.45) is 0 Å². The molecule has 0 aliphatic heterocycles. The van der Waals surface area contributed by atoms with E-state index in [1.54, 1.807) is 12.1 Å². The Kier molecular flexibility index (Phi) is 3.87. The molecule has 0 atom stereocenters. The van der Waals surface area contributed by atoms with E-state index in [4.69, 9.17) is 4.55 Å². The highest BCUT2D eigenvalue weighted by Crippen LogP contribution is 2.25. The third kappa shape index (κ3) is 3.13. The van der Waals surface area contributed by atoms with E-state index in [9.17, 15) is 8.42 Å². The van der Waals surface area contributed by atoms with Crippen LogP contribution in [0.1, 0.15) is 6.92 Å². The van der Waals surface area contributed by atoms with Crippen molar-refractivity contribution < 1.29 is 13.0 Å². The van der Waals surface area contributed by atoms with Crippen molar-refractivity contribution in [3.05, 3.63) is 54.6 Å². The van der Waals surface area contributed by atoms with Crippen LogP contribution in [0.3, 0.4) is 0 Å². The van der Waals surface area contributed by atoms with Gasteiger partial charge in [0.1, 0.15) is 0 Å². The average Bonchev–Trinajstić information content (AvgIpc) is 2.40. The van der Waals surface area contributed by atoms with E-state index in [1.807, 2.05) is 42.2 Å². The third-order valence-electron chi connectivity index (χ3n) is 2.83. The molecule has 2 aromatic rings. The van der Waals surface area contributed by atoms with Crippen molar-refractivity contribution in [1.29, 1.82) is 0 Å². The molecule has 19 heavy (non-hydrogen) atoms. The van der Waals surface area contributed by atoms with E-state index in [1.165, 1.54) is 12.1 Å². The number of para-hydroxylation sites is 1. The standard InChI is InChI=1S/C14H15NO3S/c1-2-15(12-6-4-3-5-7-12)13-8-10-14(11-9-13)19(16,17)18/h3-11H,2H2,1H3,(H,16,17,18). The van der Waals surface area contributed by atoms with E-state index in [2.05, 4.69) is 0 Å². The van der Waals surface area contributed by atoms with Gasteiger partial charge in [0, 0.05) is 17.9 Å². The average molecular weight is 277 g/mol. The van der Waals surface area contributed by atoms with Gasteiger partial charge < -0.3 is 4.90 Å². The summed E-state index contributed by atoms with van der Waals surface area (Å²) in [4.78, 5) is 1.95. The number of benzene rings is 2. The Labute approximate surface area is 113 Å². The molecule has 0 spiro atoms. The van der Waals surface area contributed by atoms with Gasteiger partial charge in [-0.2, -0.15) is 8.42 Å². The lowest BCUT2D eigenvalue weighted by Gasteiger charge is -2.23. The monoisotopic (exact) mass is 277 g/mol. The topological polar surface area (TPSA) is 57.6 Å². The lowest BCUT2D eigenvalue weighted by molar-refractivity contribution is 0.483. The Morgan fingerprint density at radius 3 is 1.95 bits per heavy atom. The molecule has 0 unspecified atom stereocenters. The summed E-state index contributed by atoms with van der Waals surface area (Å²) in [5.74, 6) is 0. The SMILES string of the molecule is CCN(c1ccccc1)c1ccc(S(=O)(=O)O)cc1. The summed E-state index contributed by atoms with van der Waals surface area (Å²) >= 11 is 0. The van der Waals surface area contributed by atoms with Crippen LogP contribution in [0.15, 0.2) is 59.5 Å². The van der Waals surface area contributed by atoms with Crippen LogP contribution < -0.4 is 4.90 Å². The minimum atomic E-state index is -4.14. The largest absolute Gasteiger partial charge is 0.342 e. The van der Waals surface area contributed by atoms with Crippen LogP contribution in [0.5, 0.6) is 0 Å². The molecule has 0 heterocycles. The number of rotatable bonds is 4. The summed E-state index contributed by atoms with van der Waals surface area (Å²) in [5, 5.41) is 0. The van der Waals surface area contributed by atoms with Gasteiger partial charge in [0.25, 0.3) is 10.1 Å². The molecule has 0 saturated carbocycles. The summed E-state index contributed by atoms with van der Waals surface area (Å²) in [5.41, 5.74) is 1.91. The lowest BCUT2D eigenvalue weighted by atomic mass is 10.2. The maximum Gasteiger partial charge on any atom is 0.294 e. The van der Waals surface area contributed by atoms with Crippen LogP contribution in [-0.2, 0) is 10.1 Å². The molecule has 0 radical (unpaired) electrons. The van der Waals surface area contributed by atoms with Crippen molar-refractivity contribution in [3.8, 4) is 0 Å². The molecule has 5 heteroatoms. The number of nitrogens with zero attached hydrogens (tertiary/aromatic N) is 1. The quantitative estimate of drug-likeness (QED) is 0.872. The molecule has 4 nitrogen and oxygen atoms in total.